The number of benzene rings is 2. The normalized spacial score (nSPS) is 11.9. The van der Waals surface area contributed by atoms with Crippen molar-refractivity contribution in [2.24, 2.45) is 0 Å². The van der Waals surface area contributed by atoms with Crippen molar-refractivity contribution in [3.05, 3.63) is 103 Å². The highest BCUT2D eigenvalue weighted by molar-refractivity contribution is 5.91. The van der Waals surface area contributed by atoms with Gasteiger partial charge in [-0.15, -0.1) is 0 Å². The summed E-state index contributed by atoms with van der Waals surface area (Å²) in [5.41, 5.74) is 1.87. The van der Waals surface area contributed by atoms with Crippen molar-refractivity contribution >= 4 is 22.6 Å². The largest absolute Gasteiger partial charge is 0.467 e. The van der Waals surface area contributed by atoms with Crippen LogP contribution in [0, 0.1) is 0 Å². The van der Waals surface area contributed by atoms with E-state index in [0.717, 1.165) is 28.0 Å². The van der Waals surface area contributed by atoms with E-state index in [0.29, 0.717) is 31.1 Å². The first kappa shape index (κ1) is 22.4. The van der Waals surface area contributed by atoms with Crippen LogP contribution in [0.3, 0.4) is 0 Å². The lowest BCUT2D eigenvalue weighted by molar-refractivity contribution is -0.121. The Morgan fingerprint density at radius 2 is 1.69 bits per heavy atom. The van der Waals surface area contributed by atoms with Crippen molar-refractivity contribution in [3.63, 3.8) is 0 Å². The van der Waals surface area contributed by atoms with Gasteiger partial charge in [-0.3, -0.25) is 4.79 Å². The number of furan rings is 2. The lowest BCUT2D eigenvalue weighted by atomic mass is 10.1. The van der Waals surface area contributed by atoms with E-state index < -0.39 is 0 Å². The molecule has 5 rings (SSSR count). The molecule has 0 fully saturated rings. The quantitative estimate of drug-likeness (QED) is 0.297. The lowest BCUT2D eigenvalue weighted by Gasteiger charge is -2.25. The number of para-hydroxylation sites is 1. The molecule has 176 valence electrons. The van der Waals surface area contributed by atoms with Gasteiger partial charge in [0.1, 0.15) is 11.6 Å². The molecule has 0 aliphatic carbocycles. The highest BCUT2D eigenvalue weighted by Crippen LogP contribution is 2.29. The molecule has 7 nitrogen and oxygen atoms in total. The first-order chi connectivity index (χ1) is 17.2. The van der Waals surface area contributed by atoms with E-state index in [4.69, 9.17) is 18.8 Å². The number of nitrogens with one attached hydrogen (secondary N) is 1. The molecule has 0 aliphatic heterocycles. The zero-order valence-electron chi connectivity index (χ0n) is 19.4. The standard InChI is InChI=1S/C28H26N4O3/c1-20(21-9-3-2-4-10-21)29-26(33)15-16-32(19-22-11-7-17-34-22)28-23-12-5-6-13-24(23)30-27(31-28)25-14-8-18-35-25/h2-14,17-18,20H,15-16,19H2,1H3,(H,29,33)/t20-/m1/s1. The highest BCUT2D eigenvalue weighted by atomic mass is 16.3. The fourth-order valence-corrected chi connectivity index (χ4v) is 4.04. The summed E-state index contributed by atoms with van der Waals surface area (Å²) in [6.07, 6.45) is 3.55. The molecule has 1 atom stereocenters. The first-order valence-electron chi connectivity index (χ1n) is 11.6. The number of carbonyl (C=O) groups excluding carboxylic acids is 1. The van der Waals surface area contributed by atoms with Gasteiger partial charge in [0.25, 0.3) is 0 Å². The van der Waals surface area contributed by atoms with Crippen LogP contribution in [0.25, 0.3) is 22.5 Å². The number of nitrogens with zero attached hydrogens (tertiary/aromatic N) is 3. The minimum Gasteiger partial charge on any atom is -0.467 e. The smallest absolute Gasteiger partial charge is 0.222 e. The zero-order valence-corrected chi connectivity index (χ0v) is 19.4. The van der Waals surface area contributed by atoms with Gasteiger partial charge in [0.05, 0.1) is 30.6 Å². The molecule has 0 bridgehead atoms. The SMILES string of the molecule is C[C@@H](NC(=O)CCN(Cc1ccco1)c1nc(-c2ccco2)nc2ccccc12)c1ccccc1. The van der Waals surface area contributed by atoms with E-state index in [1.807, 2.05) is 85.8 Å². The summed E-state index contributed by atoms with van der Waals surface area (Å²) in [6.45, 7) is 2.90. The van der Waals surface area contributed by atoms with Gasteiger partial charge < -0.3 is 19.1 Å². The van der Waals surface area contributed by atoms with Crippen LogP contribution >= 0.6 is 0 Å². The molecule has 0 aliphatic rings. The second-order valence-corrected chi connectivity index (χ2v) is 8.32. The fourth-order valence-electron chi connectivity index (χ4n) is 4.04. The Bertz CT molecular complexity index is 1380. The third-order valence-electron chi connectivity index (χ3n) is 5.84. The van der Waals surface area contributed by atoms with E-state index in [9.17, 15) is 4.79 Å². The van der Waals surface area contributed by atoms with Gasteiger partial charge in [0.15, 0.2) is 11.6 Å². The number of rotatable bonds is 9. The summed E-state index contributed by atoms with van der Waals surface area (Å²) in [7, 11) is 0. The highest BCUT2D eigenvalue weighted by Gasteiger charge is 2.19. The molecule has 35 heavy (non-hydrogen) atoms. The Labute approximate surface area is 203 Å². The molecule has 0 saturated carbocycles. The second kappa shape index (κ2) is 10.3. The lowest BCUT2D eigenvalue weighted by Crippen LogP contribution is -2.32. The summed E-state index contributed by atoms with van der Waals surface area (Å²) in [5.74, 6) is 2.56. The van der Waals surface area contributed by atoms with Crippen LogP contribution in [0.4, 0.5) is 5.82 Å². The van der Waals surface area contributed by atoms with Gasteiger partial charge in [-0.2, -0.15) is 0 Å². The van der Waals surface area contributed by atoms with Gasteiger partial charge in [-0.25, -0.2) is 9.97 Å². The maximum Gasteiger partial charge on any atom is 0.222 e. The summed E-state index contributed by atoms with van der Waals surface area (Å²) in [5, 5.41) is 3.99. The van der Waals surface area contributed by atoms with Crippen molar-refractivity contribution < 1.29 is 13.6 Å². The molecule has 0 saturated heterocycles. The number of carbonyl (C=O) groups is 1. The van der Waals surface area contributed by atoms with Gasteiger partial charge in [-0.1, -0.05) is 42.5 Å². The van der Waals surface area contributed by atoms with E-state index in [-0.39, 0.29) is 11.9 Å². The van der Waals surface area contributed by atoms with E-state index in [1.165, 1.54) is 0 Å². The van der Waals surface area contributed by atoms with Crippen LogP contribution in [0.5, 0.6) is 0 Å². The molecule has 3 aromatic heterocycles. The summed E-state index contributed by atoms with van der Waals surface area (Å²) < 4.78 is 11.2. The predicted molar refractivity (Wildman–Crippen MR) is 135 cm³/mol. The van der Waals surface area contributed by atoms with Crippen LogP contribution in [0.2, 0.25) is 0 Å². The van der Waals surface area contributed by atoms with Crippen LogP contribution in [-0.2, 0) is 11.3 Å². The van der Waals surface area contributed by atoms with Crippen molar-refractivity contribution in [3.8, 4) is 11.6 Å². The Kier molecular flexibility index (Phi) is 6.57. The van der Waals surface area contributed by atoms with Crippen molar-refractivity contribution in [1.29, 1.82) is 0 Å². The third kappa shape index (κ3) is 5.24. The van der Waals surface area contributed by atoms with Crippen molar-refractivity contribution in [1.82, 2.24) is 15.3 Å². The van der Waals surface area contributed by atoms with E-state index >= 15 is 0 Å². The molecule has 1 N–H and O–H groups in total. The van der Waals surface area contributed by atoms with Crippen LogP contribution < -0.4 is 10.2 Å². The Morgan fingerprint density at radius 3 is 2.46 bits per heavy atom. The molecule has 3 heterocycles. The average Bonchev–Trinajstić information content (AvgIpc) is 3.61. The van der Waals surface area contributed by atoms with Crippen LogP contribution in [0.15, 0.2) is 100 Å². The minimum absolute atomic E-state index is 0.0320. The molecule has 2 aromatic carbocycles. The van der Waals surface area contributed by atoms with Crippen molar-refractivity contribution in [2.75, 3.05) is 11.4 Å². The maximum absolute atomic E-state index is 12.9. The van der Waals surface area contributed by atoms with E-state index in [2.05, 4.69) is 10.2 Å². The van der Waals surface area contributed by atoms with Gasteiger partial charge in [-0.05, 0) is 48.9 Å². The topological polar surface area (TPSA) is 84.4 Å². The molecular formula is C28H26N4O3. The number of fused-ring (bicyclic) bond motifs is 1. The summed E-state index contributed by atoms with van der Waals surface area (Å²) in [4.78, 5) is 24.5. The Morgan fingerprint density at radius 1 is 0.914 bits per heavy atom. The van der Waals surface area contributed by atoms with Crippen LogP contribution in [-0.4, -0.2) is 22.4 Å². The molecule has 5 aromatic rings. The molecule has 0 spiro atoms. The first-order valence-corrected chi connectivity index (χ1v) is 11.6. The second-order valence-electron chi connectivity index (χ2n) is 8.32. The third-order valence-corrected chi connectivity index (χ3v) is 5.84. The van der Waals surface area contributed by atoms with Crippen LogP contribution in [0.1, 0.15) is 30.7 Å². The number of hydrogen-bond donors (Lipinski definition) is 1. The zero-order chi connectivity index (χ0) is 24.0. The molecule has 1 amide bonds. The van der Waals surface area contributed by atoms with Gasteiger partial charge in [0, 0.05) is 18.4 Å². The average molecular weight is 467 g/mol. The number of anilines is 1. The van der Waals surface area contributed by atoms with Gasteiger partial charge >= 0.3 is 0 Å². The summed E-state index contributed by atoms with van der Waals surface area (Å²) in [6, 6.07) is 25.1. The maximum atomic E-state index is 12.9. The molecular weight excluding hydrogens is 440 g/mol. The molecule has 7 heteroatoms. The van der Waals surface area contributed by atoms with Crippen molar-refractivity contribution in [2.45, 2.75) is 25.9 Å². The fraction of sp³-hybridized carbons (Fsp3) is 0.179. The number of amides is 1. The Balaban J connectivity index is 1.43. The number of hydrogen-bond acceptors (Lipinski definition) is 6. The minimum atomic E-state index is -0.0762. The van der Waals surface area contributed by atoms with Gasteiger partial charge in [0.2, 0.25) is 5.91 Å². The molecule has 0 unspecified atom stereocenters. The Hall–Kier alpha value is -4.39. The van der Waals surface area contributed by atoms with E-state index in [1.54, 1.807) is 12.5 Å². The number of aromatic nitrogens is 2. The molecule has 0 radical (unpaired) electrons. The predicted octanol–water partition coefficient (Wildman–Crippen LogP) is 5.76. The summed E-state index contributed by atoms with van der Waals surface area (Å²) >= 11 is 0. The monoisotopic (exact) mass is 466 g/mol.